The van der Waals surface area contributed by atoms with Crippen molar-refractivity contribution in [3.63, 3.8) is 0 Å². The number of carbonyl (C=O) groups excluding carboxylic acids is 2. The maximum Gasteiger partial charge on any atom is 0.342 e. The van der Waals surface area contributed by atoms with Crippen LogP contribution in [0.2, 0.25) is 0 Å². The second kappa shape index (κ2) is 6.47. The van der Waals surface area contributed by atoms with Crippen LogP contribution in [0.1, 0.15) is 13.8 Å². The zero-order valence-electron chi connectivity index (χ0n) is 8.10. The molecule has 14 heavy (non-hydrogen) atoms. The van der Waals surface area contributed by atoms with Crippen molar-refractivity contribution in [2.75, 3.05) is 13.2 Å². The van der Waals surface area contributed by atoms with Gasteiger partial charge >= 0.3 is 11.9 Å². The van der Waals surface area contributed by atoms with Crippen molar-refractivity contribution < 1.29 is 29.3 Å². The van der Waals surface area contributed by atoms with E-state index in [-0.39, 0.29) is 6.61 Å². The highest BCUT2D eigenvalue weighted by molar-refractivity contribution is 5.86. The maximum atomic E-state index is 10.9. The molecule has 0 heterocycles. The molecule has 2 unspecified atom stereocenters. The van der Waals surface area contributed by atoms with Gasteiger partial charge in [-0.2, -0.15) is 0 Å². The summed E-state index contributed by atoms with van der Waals surface area (Å²) in [5.41, 5.74) is 0. The molecule has 0 radical (unpaired) electrons. The van der Waals surface area contributed by atoms with Crippen molar-refractivity contribution in [1.82, 2.24) is 0 Å². The Morgan fingerprint density at radius 2 is 2.00 bits per heavy atom. The van der Waals surface area contributed by atoms with Crippen molar-refractivity contribution in [2.24, 2.45) is 0 Å². The van der Waals surface area contributed by atoms with Gasteiger partial charge < -0.3 is 19.7 Å². The molecule has 0 amide bonds. The number of esters is 2. The lowest BCUT2D eigenvalue weighted by Crippen LogP contribution is -2.29. The lowest BCUT2D eigenvalue weighted by Gasteiger charge is -2.12. The first-order valence-electron chi connectivity index (χ1n) is 4.10. The number of ether oxygens (including phenoxy) is 2. The average Bonchev–Trinajstić information content (AvgIpc) is 2.12. The molecule has 0 saturated heterocycles. The summed E-state index contributed by atoms with van der Waals surface area (Å²) in [6, 6.07) is 0. The van der Waals surface area contributed by atoms with Crippen LogP contribution >= 0.6 is 0 Å². The summed E-state index contributed by atoms with van der Waals surface area (Å²) in [6.45, 7) is 1.85. The minimum absolute atomic E-state index is 0.190. The van der Waals surface area contributed by atoms with Crippen LogP contribution in [0.3, 0.4) is 0 Å². The average molecular weight is 206 g/mol. The van der Waals surface area contributed by atoms with Crippen molar-refractivity contribution in [3.05, 3.63) is 0 Å². The molecule has 0 fully saturated rings. The number of rotatable bonds is 5. The summed E-state index contributed by atoms with van der Waals surface area (Å²) in [6.07, 6.45) is -1.98. The molecule has 0 aromatic carbocycles. The summed E-state index contributed by atoms with van der Waals surface area (Å²) in [5, 5.41) is 17.3. The highest BCUT2D eigenvalue weighted by atomic mass is 16.6. The molecule has 6 heteroatoms. The third kappa shape index (κ3) is 5.63. The van der Waals surface area contributed by atoms with E-state index < -0.39 is 30.8 Å². The standard InChI is InChI=1S/C8H14O6/c1-5(8(12)14-6(2)10)13-4-7(11)3-9/h5,7,9,11H,3-4H2,1-2H3. The summed E-state index contributed by atoms with van der Waals surface area (Å²) < 4.78 is 9.05. The largest absolute Gasteiger partial charge is 0.394 e. The van der Waals surface area contributed by atoms with Gasteiger partial charge in [0.25, 0.3) is 0 Å². The Morgan fingerprint density at radius 1 is 1.43 bits per heavy atom. The third-order valence-corrected chi connectivity index (χ3v) is 1.33. The molecular formula is C8H14O6. The van der Waals surface area contributed by atoms with E-state index in [9.17, 15) is 9.59 Å². The van der Waals surface area contributed by atoms with E-state index in [1.54, 1.807) is 0 Å². The predicted octanol–water partition coefficient (Wildman–Crippen LogP) is -1.17. The Labute approximate surface area is 81.4 Å². The minimum Gasteiger partial charge on any atom is -0.394 e. The Hall–Kier alpha value is -0.980. The third-order valence-electron chi connectivity index (χ3n) is 1.33. The van der Waals surface area contributed by atoms with Crippen LogP contribution in [0, 0.1) is 0 Å². The van der Waals surface area contributed by atoms with Crippen LogP contribution in [0.15, 0.2) is 0 Å². The number of aliphatic hydroxyl groups excluding tert-OH is 2. The van der Waals surface area contributed by atoms with Crippen LogP contribution in [0.25, 0.3) is 0 Å². The SMILES string of the molecule is CC(=O)OC(=O)C(C)OCC(O)CO. The first kappa shape index (κ1) is 13.0. The molecule has 0 aliphatic heterocycles. The molecule has 0 saturated carbocycles. The van der Waals surface area contributed by atoms with Gasteiger partial charge in [-0.1, -0.05) is 0 Å². The lowest BCUT2D eigenvalue weighted by molar-refractivity contribution is -0.167. The summed E-state index contributed by atoms with van der Waals surface area (Å²) in [4.78, 5) is 21.3. The van der Waals surface area contributed by atoms with Gasteiger partial charge in [-0.15, -0.1) is 0 Å². The van der Waals surface area contributed by atoms with Gasteiger partial charge in [0.1, 0.15) is 6.10 Å². The second-order valence-corrected chi connectivity index (χ2v) is 2.72. The molecule has 82 valence electrons. The smallest absolute Gasteiger partial charge is 0.342 e. The molecule has 0 aliphatic rings. The van der Waals surface area contributed by atoms with Gasteiger partial charge in [-0.3, -0.25) is 4.79 Å². The van der Waals surface area contributed by atoms with Gasteiger partial charge in [-0.25, -0.2) is 4.79 Å². The van der Waals surface area contributed by atoms with Crippen LogP contribution in [-0.2, 0) is 19.1 Å². The van der Waals surface area contributed by atoms with E-state index in [0.717, 1.165) is 6.92 Å². The van der Waals surface area contributed by atoms with E-state index in [1.165, 1.54) is 6.92 Å². The monoisotopic (exact) mass is 206 g/mol. The fraction of sp³-hybridized carbons (Fsp3) is 0.750. The first-order chi connectivity index (χ1) is 6.47. The van der Waals surface area contributed by atoms with Crippen LogP contribution in [0.4, 0.5) is 0 Å². The van der Waals surface area contributed by atoms with Gasteiger partial charge in [0.15, 0.2) is 6.10 Å². The number of carbonyl (C=O) groups is 2. The normalized spacial score (nSPS) is 14.6. The zero-order valence-corrected chi connectivity index (χ0v) is 8.10. The second-order valence-electron chi connectivity index (χ2n) is 2.72. The molecule has 0 bridgehead atoms. The summed E-state index contributed by atoms with van der Waals surface area (Å²) in [7, 11) is 0. The van der Waals surface area contributed by atoms with E-state index in [4.69, 9.17) is 14.9 Å². The maximum absolute atomic E-state index is 10.9. The van der Waals surface area contributed by atoms with Crippen LogP contribution in [-0.4, -0.2) is 47.6 Å². The Kier molecular flexibility index (Phi) is 6.02. The quantitative estimate of drug-likeness (QED) is 0.435. The first-order valence-corrected chi connectivity index (χ1v) is 4.10. The molecule has 0 aromatic rings. The molecule has 2 N–H and O–H groups in total. The Morgan fingerprint density at radius 3 is 2.43 bits per heavy atom. The molecule has 0 rings (SSSR count). The van der Waals surface area contributed by atoms with Crippen LogP contribution in [0.5, 0.6) is 0 Å². The number of hydrogen-bond acceptors (Lipinski definition) is 6. The number of aliphatic hydroxyl groups is 2. The van der Waals surface area contributed by atoms with E-state index in [1.807, 2.05) is 0 Å². The van der Waals surface area contributed by atoms with Gasteiger partial charge in [0, 0.05) is 6.92 Å². The van der Waals surface area contributed by atoms with Crippen molar-refractivity contribution in [1.29, 1.82) is 0 Å². The lowest BCUT2D eigenvalue weighted by atomic mass is 10.4. The van der Waals surface area contributed by atoms with Crippen molar-refractivity contribution >= 4 is 11.9 Å². The summed E-state index contributed by atoms with van der Waals surface area (Å²) in [5.74, 6) is -1.53. The molecule has 6 nitrogen and oxygen atoms in total. The van der Waals surface area contributed by atoms with E-state index in [0.29, 0.717) is 0 Å². The Balaban J connectivity index is 3.78. The van der Waals surface area contributed by atoms with Crippen molar-refractivity contribution in [3.8, 4) is 0 Å². The van der Waals surface area contributed by atoms with E-state index >= 15 is 0 Å². The van der Waals surface area contributed by atoms with Gasteiger partial charge in [0.05, 0.1) is 13.2 Å². The fourth-order valence-electron chi connectivity index (χ4n) is 0.601. The number of hydrogen-bond donors (Lipinski definition) is 2. The van der Waals surface area contributed by atoms with Gasteiger partial charge in [0.2, 0.25) is 0 Å². The molecule has 2 atom stereocenters. The molecule has 0 aliphatic carbocycles. The predicted molar refractivity (Wildman–Crippen MR) is 45.3 cm³/mol. The minimum atomic E-state index is -1.04. The summed E-state index contributed by atoms with van der Waals surface area (Å²) >= 11 is 0. The molecule has 0 aromatic heterocycles. The van der Waals surface area contributed by atoms with Crippen LogP contribution < -0.4 is 0 Å². The molecule has 0 spiro atoms. The van der Waals surface area contributed by atoms with Gasteiger partial charge in [-0.05, 0) is 6.92 Å². The van der Waals surface area contributed by atoms with Crippen molar-refractivity contribution in [2.45, 2.75) is 26.1 Å². The topological polar surface area (TPSA) is 93.1 Å². The molecular weight excluding hydrogens is 192 g/mol. The highest BCUT2D eigenvalue weighted by Gasteiger charge is 2.18. The fourth-order valence-corrected chi connectivity index (χ4v) is 0.601. The van der Waals surface area contributed by atoms with E-state index in [2.05, 4.69) is 4.74 Å². The zero-order chi connectivity index (χ0) is 11.1. The Bertz CT molecular complexity index is 202. The highest BCUT2D eigenvalue weighted by Crippen LogP contribution is 1.96.